The van der Waals surface area contributed by atoms with Crippen molar-refractivity contribution in [3.05, 3.63) is 42.7 Å². The van der Waals surface area contributed by atoms with Crippen LogP contribution in [0.3, 0.4) is 0 Å². The maximum Gasteiger partial charge on any atom is 0.391 e. The highest BCUT2D eigenvalue weighted by atomic mass is 19.4. The number of aromatic nitrogens is 1. The van der Waals surface area contributed by atoms with E-state index in [0.29, 0.717) is 18.8 Å². The minimum atomic E-state index is -4.10. The van der Waals surface area contributed by atoms with E-state index in [-0.39, 0.29) is 12.8 Å². The van der Waals surface area contributed by atoms with Gasteiger partial charge in [-0.3, -0.25) is 4.98 Å². The minimum Gasteiger partial charge on any atom is -0.399 e. The summed E-state index contributed by atoms with van der Waals surface area (Å²) in [5, 5.41) is 1.88. The van der Waals surface area contributed by atoms with Crippen LogP contribution in [0, 0.1) is 5.92 Å². The molecule has 1 saturated heterocycles. The first-order valence-electron chi connectivity index (χ1n) is 7.50. The molecule has 2 N–H and O–H groups in total. The van der Waals surface area contributed by atoms with Crippen molar-refractivity contribution >= 4 is 22.2 Å². The first-order chi connectivity index (χ1) is 10.9. The largest absolute Gasteiger partial charge is 0.399 e. The monoisotopic (exact) mass is 321 g/mol. The summed E-state index contributed by atoms with van der Waals surface area (Å²) in [6, 6.07) is 5.69. The van der Waals surface area contributed by atoms with E-state index in [9.17, 15) is 13.2 Å². The van der Waals surface area contributed by atoms with Crippen molar-refractivity contribution in [2.45, 2.75) is 19.0 Å². The summed E-state index contributed by atoms with van der Waals surface area (Å²) in [6.45, 7) is 4.48. The average molecular weight is 321 g/mol. The zero-order valence-electron chi connectivity index (χ0n) is 12.6. The van der Waals surface area contributed by atoms with Crippen molar-refractivity contribution in [2.75, 3.05) is 18.0 Å². The number of hydrogen-bond donors (Lipinski definition) is 1. The Bertz CT molecular complexity index is 731. The predicted octanol–water partition coefficient (Wildman–Crippen LogP) is 3.94. The van der Waals surface area contributed by atoms with Crippen LogP contribution in [0.25, 0.3) is 16.5 Å². The molecule has 0 unspecified atom stereocenters. The molecule has 23 heavy (non-hydrogen) atoms. The van der Waals surface area contributed by atoms with E-state index >= 15 is 0 Å². The summed E-state index contributed by atoms with van der Waals surface area (Å²) in [5.74, 6) is -1.21. The molecular weight excluding hydrogens is 303 g/mol. The van der Waals surface area contributed by atoms with Gasteiger partial charge in [-0.2, -0.15) is 13.2 Å². The fourth-order valence-corrected chi connectivity index (χ4v) is 3.05. The number of hydrogen-bond acceptors (Lipinski definition) is 3. The summed E-state index contributed by atoms with van der Waals surface area (Å²) in [7, 11) is 0. The first kappa shape index (κ1) is 15.6. The number of pyridine rings is 1. The molecule has 1 aliphatic heterocycles. The third-order valence-electron chi connectivity index (χ3n) is 4.41. The van der Waals surface area contributed by atoms with Gasteiger partial charge in [-0.1, -0.05) is 18.7 Å². The van der Waals surface area contributed by atoms with Gasteiger partial charge >= 0.3 is 6.18 Å². The third-order valence-corrected chi connectivity index (χ3v) is 4.41. The molecule has 122 valence electrons. The lowest BCUT2D eigenvalue weighted by Crippen LogP contribution is -2.39. The lowest BCUT2D eigenvalue weighted by atomic mass is 9.95. The molecule has 0 amide bonds. The number of alkyl halides is 3. The Morgan fingerprint density at radius 1 is 1.22 bits per heavy atom. The van der Waals surface area contributed by atoms with Gasteiger partial charge in [-0.15, -0.1) is 0 Å². The van der Waals surface area contributed by atoms with Crippen LogP contribution in [0.2, 0.25) is 0 Å². The van der Waals surface area contributed by atoms with Gasteiger partial charge in [-0.05, 0) is 24.5 Å². The molecular formula is C17H18F3N3. The Labute approximate surface area is 132 Å². The molecule has 1 aliphatic rings. The summed E-state index contributed by atoms with van der Waals surface area (Å²) in [4.78, 5) is 6.19. The van der Waals surface area contributed by atoms with Crippen molar-refractivity contribution in [1.82, 2.24) is 4.98 Å². The quantitative estimate of drug-likeness (QED) is 0.911. The highest BCUT2D eigenvalue weighted by molar-refractivity contribution is 5.95. The lowest BCUT2D eigenvalue weighted by molar-refractivity contribution is -0.179. The molecule has 3 rings (SSSR count). The van der Waals surface area contributed by atoms with Crippen molar-refractivity contribution in [2.24, 2.45) is 11.7 Å². The average Bonchev–Trinajstić information content (AvgIpc) is 2.53. The molecule has 3 nitrogen and oxygen atoms in total. The standard InChI is InChI=1S/C17H18F3N3/c1-11(21)12-2-3-13-9-22-10-16(15(13)8-12)23-6-4-14(5-7-23)17(18,19)20/h2-3,8-10,14H,1,4-7,21H2. The van der Waals surface area contributed by atoms with Gasteiger partial charge in [0, 0.05) is 35.8 Å². The second kappa shape index (κ2) is 5.76. The van der Waals surface area contributed by atoms with Crippen molar-refractivity contribution in [1.29, 1.82) is 0 Å². The van der Waals surface area contributed by atoms with E-state index in [2.05, 4.69) is 11.6 Å². The zero-order chi connectivity index (χ0) is 16.6. The molecule has 6 heteroatoms. The van der Waals surface area contributed by atoms with Crippen LogP contribution in [0.5, 0.6) is 0 Å². The summed E-state index contributed by atoms with van der Waals surface area (Å²) in [5.41, 5.74) is 7.88. The highest BCUT2D eigenvalue weighted by Gasteiger charge is 2.41. The molecule has 0 aliphatic carbocycles. The van der Waals surface area contributed by atoms with Gasteiger partial charge in [0.1, 0.15) is 0 Å². The second-order valence-corrected chi connectivity index (χ2v) is 5.92. The van der Waals surface area contributed by atoms with Crippen LogP contribution < -0.4 is 10.6 Å². The van der Waals surface area contributed by atoms with Crippen molar-refractivity contribution in [3.63, 3.8) is 0 Å². The fourth-order valence-electron chi connectivity index (χ4n) is 3.05. The third kappa shape index (κ3) is 3.11. The number of nitrogens with zero attached hydrogens (tertiary/aromatic N) is 2. The Morgan fingerprint density at radius 2 is 1.91 bits per heavy atom. The minimum absolute atomic E-state index is 0.114. The Morgan fingerprint density at radius 3 is 2.52 bits per heavy atom. The van der Waals surface area contributed by atoms with Gasteiger partial charge in [0.2, 0.25) is 0 Å². The summed E-state index contributed by atoms with van der Waals surface area (Å²) < 4.78 is 38.4. The molecule has 0 spiro atoms. The molecule has 1 aromatic carbocycles. The molecule has 2 aromatic rings. The van der Waals surface area contributed by atoms with E-state index in [1.807, 2.05) is 23.1 Å². The molecule has 1 aromatic heterocycles. The number of benzene rings is 1. The maximum absolute atomic E-state index is 12.8. The molecule has 0 saturated carbocycles. The lowest BCUT2D eigenvalue weighted by Gasteiger charge is -2.34. The Balaban J connectivity index is 1.91. The number of fused-ring (bicyclic) bond motifs is 1. The first-order valence-corrected chi connectivity index (χ1v) is 7.50. The van der Waals surface area contributed by atoms with E-state index in [1.54, 1.807) is 12.4 Å². The summed E-state index contributed by atoms with van der Waals surface area (Å²) >= 11 is 0. The SMILES string of the molecule is C=C(N)c1ccc2cncc(N3CCC(C(F)(F)F)CC3)c2c1. The van der Waals surface area contributed by atoms with Gasteiger partial charge < -0.3 is 10.6 Å². The highest BCUT2D eigenvalue weighted by Crippen LogP contribution is 2.37. The van der Waals surface area contributed by atoms with Crippen LogP contribution in [-0.4, -0.2) is 24.2 Å². The van der Waals surface area contributed by atoms with E-state index in [1.165, 1.54) is 0 Å². The molecule has 2 heterocycles. The Hall–Kier alpha value is -2.24. The van der Waals surface area contributed by atoms with Crippen LogP contribution in [0.4, 0.5) is 18.9 Å². The molecule has 0 atom stereocenters. The predicted molar refractivity (Wildman–Crippen MR) is 86.0 cm³/mol. The van der Waals surface area contributed by atoms with Crippen LogP contribution in [0.1, 0.15) is 18.4 Å². The maximum atomic E-state index is 12.8. The zero-order valence-corrected chi connectivity index (χ0v) is 12.6. The van der Waals surface area contributed by atoms with Gasteiger partial charge in [-0.25, -0.2) is 0 Å². The van der Waals surface area contributed by atoms with Crippen LogP contribution >= 0.6 is 0 Å². The number of nitrogens with two attached hydrogens (primary N) is 1. The number of rotatable bonds is 2. The Kier molecular flexibility index (Phi) is 3.92. The van der Waals surface area contributed by atoms with Crippen LogP contribution in [0.15, 0.2) is 37.2 Å². The molecule has 0 radical (unpaired) electrons. The fraction of sp³-hybridized carbons (Fsp3) is 0.353. The van der Waals surface area contributed by atoms with Gasteiger partial charge in [0.15, 0.2) is 0 Å². The van der Waals surface area contributed by atoms with E-state index in [4.69, 9.17) is 5.73 Å². The topological polar surface area (TPSA) is 42.1 Å². The second-order valence-electron chi connectivity index (χ2n) is 5.92. The molecule has 1 fully saturated rings. The van der Waals surface area contributed by atoms with Crippen molar-refractivity contribution < 1.29 is 13.2 Å². The smallest absolute Gasteiger partial charge is 0.391 e. The van der Waals surface area contributed by atoms with E-state index < -0.39 is 12.1 Å². The normalized spacial score (nSPS) is 16.7. The van der Waals surface area contributed by atoms with Gasteiger partial charge in [0.25, 0.3) is 0 Å². The number of piperidine rings is 1. The molecule has 0 bridgehead atoms. The van der Waals surface area contributed by atoms with Crippen LogP contribution in [-0.2, 0) is 0 Å². The number of halogens is 3. The number of anilines is 1. The van der Waals surface area contributed by atoms with E-state index in [0.717, 1.165) is 22.0 Å². The van der Waals surface area contributed by atoms with Crippen molar-refractivity contribution in [3.8, 4) is 0 Å². The summed E-state index contributed by atoms with van der Waals surface area (Å²) in [6.07, 6.45) is -0.427. The van der Waals surface area contributed by atoms with Gasteiger partial charge in [0.05, 0.1) is 17.8 Å².